The average molecular weight is 250 g/mol. The molecule has 2 rings (SSSR count). The van der Waals surface area contributed by atoms with Crippen LogP contribution in [0.4, 0.5) is 4.39 Å². The first-order chi connectivity index (χ1) is 8.70. The lowest BCUT2D eigenvalue weighted by molar-refractivity contribution is -0.120. The largest absolute Gasteiger partial charge is 0.352 e. The molecule has 1 fully saturated rings. The van der Waals surface area contributed by atoms with Crippen LogP contribution in [0.2, 0.25) is 0 Å². The van der Waals surface area contributed by atoms with Crippen LogP contribution in [0.5, 0.6) is 0 Å². The Labute approximate surface area is 107 Å². The first kappa shape index (κ1) is 13.0. The van der Waals surface area contributed by atoms with E-state index in [1.807, 2.05) is 13.0 Å². The third-order valence-electron chi connectivity index (χ3n) is 3.14. The van der Waals surface area contributed by atoms with Gasteiger partial charge in [0.15, 0.2) is 0 Å². The number of hydrogen-bond donors (Lipinski definition) is 2. The van der Waals surface area contributed by atoms with Gasteiger partial charge in [-0.2, -0.15) is 0 Å². The van der Waals surface area contributed by atoms with Crippen LogP contribution in [0.15, 0.2) is 24.3 Å². The highest BCUT2D eigenvalue weighted by atomic mass is 19.1. The smallest absolute Gasteiger partial charge is 0.234 e. The number of hydrogen-bond acceptors (Lipinski definition) is 2. The molecule has 1 atom stereocenters. The lowest BCUT2D eigenvalue weighted by Crippen LogP contribution is -2.36. The molecule has 1 aliphatic rings. The van der Waals surface area contributed by atoms with E-state index in [0.29, 0.717) is 11.6 Å². The highest BCUT2D eigenvalue weighted by Crippen LogP contribution is 2.20. The SMILES string of the molecule is CCC(NCC(=O)NC1CC1)c1ccccc1F. The first-order valence-corrected chi connectivity index (χ1v) is 6.48. The molecule has 2 N–H and O–H groups in total. The van der Waals surface area contributed by atoms with Gasteiger partial charge in [0.25, 0.3) is 0 Å². The predicted octanol–water partition coefficient (Wildman–Crippen LogP) is 2.14. The van der Waals surface area contributed by atoms with Gasteiger partial charge in [-0.3, -0.25) is 4.79 Å². The quantitative estimate of drug-likeness (QED) is 0.812. The second kappa shape index (κ2) is 5.96. The summed E-state index contributed by atoms with van der Waals surface area (Å²) in [7, 11) is 0. The molecule has 0 aliphatic heterocycles. The fourth-order valence-electron chi connectivity index (χ4n) is 1.95. The molecular weight excluding hydrogens is 231 g/mol. The van der Waals surface area contributed by atoms with Crippen LogP contribution in [-0.4, -0.2) is 18.5 Å². The molecule has 1 amide bonds. The molecule has 0 heterocycles. The fourth-order valence-corrected chi connectivity index (χ4v) is 1.95. The minimum atomic E-state index is -0.223. The molecule has 1 saturated carbocycles. The summed E-state index contributed by atoms with van der Waals surface area (Å²) in [6.45, 7) is 2.21. The van der Waals surface area contributed by atoms with Gasteiger partial charge in [0.1, 0.15) is 5.82 Å². The summed E-state index contributed by atoms with van der Waals surface area (Å²) in [6, 6.07) is 6.95. The van der Waals surface area contributed by atoms with Gasteiger partial charge in [-0.05, 0) is 25.3 Å². The summed E-state index contributed by atoms with van der Waals surface area (Å²) in [6.07, 6.45) is 2.91. The molecule has 1 aliphatic carbocycles. The number of amides is 1. The lowest BCUT2D eigenvalue weighted by atomic mass is 10.0. The van der Waals surface area contributed by atoms with Crippen molar-refractivity contribution in [3.63, 3.8) is 0 Å². The van der Waals surface area contributed by atoms with Gasteiger partial charge >= 0.3 is 0 Å². The molecule has 1 unspecified atom stereocenters. The zero-order chi connectivity index (χ0) is 13.0. The maximum absolute atomic E-state index is 13.6. The summed E-state index contributed by atoms with van der Waals surface area (Å²) in [5, 5.41) is 6.01. The summed E-state index contributed by atoms with van der Waals surface area (Å²) in [4.78, 5) is 11.6. The summed E-state index contributed by atoms with van der Waals surface area (Å²) in [5.41, 5.74) is 0.624. The van der Waals surface area contributed by atoms with Crippen LogP contribution < -0.4 is 10.6 Å². The van der Waals surface area contributed by atoms with Crippen molar-refractivity contribution in [2.75, 3.05) is 6.54 Å². The fraction of sp³-hybridized carbons (Fsp3) is 0.500. The van der Waals surface area contributed by atoms with Crippen LogP contribution in [-0.2, 0) is 4.79 Å². The standard InChI is InChI=1S/C14H19FN2O/c1-2-13(11-5-3-4-6-12(11)15)16-9-14(18)17-10-7-8-10/h3-6,10,13,16H,2,7-9H2,1H3,(H,17,18). The molecular formula is C14H19FN2O. The highest BCUT2D eigenvalue weighted by molar-refractivity contribution is 5.78. The molecule has 1 aromatic carbocycles. The molecule has 0 radical (unpaired) electrons. The number of carbonyl (C=O) groups is 1. The summed E-state index contributed by atoms with van der Waals surface area (Å²) < 4.78 is 13.6. The Hall–Kier alpha value is -1.42. The molecule has 0 spiro atoms. The lowest BCUT2D eigenvalue weighted by Gasteiger charge is -2.17. The number of rotatable bonds is 6. The first-order valence-electron chi connectivity index (χ1n) is 6.48. The van der Waals surface area contributed by atoms with E-state index in [1.54, 1.807) is 12.1 Å². The van der Waals surface area contributed by atoms with E-state index in [4.69, 9.17) is 0 Å². The van der Waals surface area contributed by atoms with Crippen LogP contribution in [0, 0.1) is 5.82 Å². The number of benzene rings is 1. The van der Waals surface area contributed by atoms with E-state index in [2.05, 4.69) is 10.6 Å². The Balaban J connectivity index is 1.88. The van der Waals surface area contributed by atoms with Gasteiger partial charge in [0.05, 0.1) is 6.54 Å². The normalized spacial score (nSPS) is 16.3. The average Bonchev–Trinajstić information content (AvgIpc) is 3.16. The van der Waals surface area contributed by atoms with Crippen molar-refractivity contribution in [1.82, 2.24) is 10.6 Å². The van der Waals surface area contributed by atoms with E-state index in [-0.39, 0.29) is 24.3 Å². The Morgan fingerprint density at radius 2 is 2.17 bits per heavy atom. The van der Waals surface area contributed by atoms with Gasteiger partial charge in [0, 0.05) is 17.6 Å². The van der Waals surface area contributed by atoms with E-state index in [0.717, 1.165) is 19.3 Å². The monoisotopic (exact) mass is 250 g/mol. The minimum absolute atomic E-state index is 0.00714. The van der Waals surface area contributed by atoms with Crippen LogP contribution in [0.3, 0.4) is 0 Å². The van der Waals surface area contributed by atoms with E-state index < -0.39 is 0 Å². The van der Waals surface area contributed by atoms with Crippen LogP contribution in [0.25, 0.3) is 0 Å². The van der Waals surface area contributed by atoms with Gasteiger partial charge in [-0.25, -0.2) is 4.39 Å². The molecule has 0 bridgehead atoms. The van der Waals surface area contributed by atoms with Crippen LogP contribution in [0.1, 0.15) is 37.8 Å². The maximum Gasteiger partial charge on any atom is 0.234 e. The van der Waals surface area contributed by atoms with Gasteiger partial charge in [0.2, 0.25) is 5.91 Å². The van der Waals surface area contributed by atoms with Crippen molar-refractivity contribution in [2.45, 2.75) is 38.3 Å². The molecule has 3 nitrogen and oxygen atoms in total. The number of halogens is 1. The summed E-state index contributed by atoms with van der Waals surface area (Å²) in [5.74, 6) is -0.230. The van der Waals surface area contributed by atoms with E-state index in [1.165, 1.54) is 6.07 Å². The Morgan fingerprint density at radius 3 is 2.78 bits per heavy atom. The third-order valence-corrected chi connectivity index (χ3v) is 3.14. The Bertz CT molecular complexity index is 418. The van der Waals surface area contributed by atoms with Gasteiger partial charge in [-0.15, -0.1) is 0 Å². The molecule has 4 heteroatoms. The zero-order valence-electron chi connectivity index (χ0n) is 10.6. The maximum atomic E-state index is 13.6. The van der Waals surface area contributed by atoms with Crippen molar-refractivity contribution in [2.24, 2.45) is 0 Å². The topological polar surface area (TPSA) is 41.1 Å². The van der Waals surface area contributed by atoms with Gasteiger partial charge < -0.3 is 10.6 Å². The number of nitrogens with one attached hydrogen (secondary N) is 2. The number of carbonyl (C=O) groups excluding carboxylic acids is 1. The molecule has 98 valence electrons. The molecule has 0 saturated heterocycles. The third kappa shape index (κ3) is 3.53. The predicted molar refractivity (Wildman–Crippen MR) is 68.6 cm³/mol. The molecule has 18 heavy (non-hydrogen) atoms. The van der Waals surface area contributed by atoms with E-state index >= 15 is 0 Å². The second-order valence-electron chi connectivity index (χ2n) is 4.71. The van der Waals surface area contributed by atoms with Crippen molar-refractivity contribution < 1.29 is 9.18 Å². The van der Waals surface area contributed by atoms with Crippen molar-refractivity contribution in [3.05, 3.63) is 35.6 Å². The Morgan fingerprint density at radius 1 is 1.44 bits per heavy atom. The van der Waals surface area contributed by atoms with Crippen molar-refractivity contribution in [3.8, 4) is 0 Å². The highest BCUT2D eigenvalue weighted by Gasteiger charge is 2.23. The molecule has 1 aromatic rings. The minimum Gasteiger partial charge on any atom is -0.352 e. The summed E-state index contributed by atoms with van der Waals surface area (Å²) >= 11 is 0. The van der Waals surface area contributed by atoms with E-state index in [9.17, 15) is 9.18 Å². The second-order valence-corrected chi connectivity index (χ2v) is 4.71. The van der Waals surface area contributed by atoms with Crippen LogP contribution >= 0.6 is 0 Å². The van der Waals surface area contributed by atoms with Gasteiger partial charge in [-0.1, -0.05) is 25.1 Å². The molecule has 0 aromatic heterocycles. The van der Waals surface area contributed by atoms with Crippen molar-refractivity contribution in [1.29, 1.82) is 0 Å². The zero-order valence-corrected chi connectivity index (χ0v) is 10.6. The van der Waals surface area contributed by atoms with Crippen molar-refractivity contribution >= 4 is 5.91 Å². The Kier molecular flexibility index (Phi) is 4.31.